The van der Waals surface area contributed by atoms with E-state index < -0.39 is 5.97 Å². The molecule has 0 heterocycles. The molecule has 0 amide bonds. The largest absolute Gasteiger partial charge is 0.549 e. The molecular formula is C10H19O2S2-. The Morgan fingerprint density at radius 1 is 1.29 bits per heavy atom. The zero-order valence-corrected chi connectivity index (χ0v) is 10.8. The van der Waals surface area contributed by atoms with Gasteiger partial charge in [0.25, 0.3) is 0 Å². The van der Waals surface area contributed by atoms with E-state index in [9.17, 15) is 9.90 Å². The first-order chi connectivity index (χ1) is 6.54. The van der Waals surface area contributed by atoms with Gasteiger partial charge >= 0.3 is 0 Å². The lowest BCUT2D eigenvalue weighted by atomic mass is 10.1. The van der Waals surface area contributed by atoms with Crippen LogP contribution in [0.5, 0.6) is 0 Å². The molecule has 0 rings (SSSR count). The van der Waals surface area contributed by atoms with Crippen molar-refractivity contribution in [1.29, 1.82) is 0 Å². The summed E-state index contributed by atoms with van der Waals surface area (Å²) in [6, 6.07) is 0. The SMILES string of the molecule is CCC(C)(CC)SCCSCC(=O)[O-]. The number of carbonyl (C=O) groups excluding carboxylic acids is 1. The predicted octanol–water partition coefficient (Wildman–Crippen LogP) is 1.78. The van der Waals surface area contributed by atoms with E-state index in [1.165, 1.54) is 24.6 Å². The maximum absolute atomic E-state index is 10.1. The van der Waals surface area contributed by atoms with Gasteiger partial charge in [-0.3, -0.25) is 0 Å². The van der Waals surface area contributed by atoms with Gasteiger partial charge < -0.3 is 9.90 Å². The summed E-state index contributed by atoms with van der Waals surface area (Å²) in [6.45, 7) is 6.66. The first kappa shape index (κ1) is 14.2. The van der Waals surface area contributed by atoms with Crippen LogP contribution >= 0.6 is 23.5 Å². The van der Waals surface area contributed by atoms with E-state index in [-0.39, 0.29) is 5.75 Å². The summed E-state index contributed by atoms with van der Waals surface area (Å²) in [5.41, 5.74) is 0. The summed E-state index contributed by atoms with van der Waals surface area (Å²) in [5.74, 6) is 1.08. The standard InChI is InChI=1S/C10H20O2S2/c1-4-10(3,5-2)14-7-6-13-8-9(11)12/h4-8H2,1-3H3,(H,11,12)/p-1. The van der Waals surface area contributed by atoms with E-state index in [0.717, 1.165) is 11.5 Å². The Morgan fingerprint density at radius 2 is 1.86 bits per heavy atom. The minimum absolute atomic E-state index is 0.121. The third-order valence-corrected chi connectivity index (χ3v) is 5.27. The quantitative estimate of drug-likeness (QED) is 0.601. The molecule has 0 fully saturated rings. The minimum Gasteiger partial charge on any atom is -0.549 e. The fourth-order valence-electron chi connectivity index (χ4n) is 0.957. The summed E-state index contributed by atoms with van der Waals surface area (Å²) in [4.78, 5) is 10.1. The van der Waals surface area contributed by atoms with Gasteiger partial charge in [0.05, 0.1) is 5.97 Å². The summed E-state index contributed by atoms with van der Waals surface area (Å²) in [7, 11) is 0. The molecule has 0 aliphatic heterocycles. The molecule has 84 valence electrons. The van der Waals surface area contributed by atoms with Gasteiger partial charge in [0.2, 0.25) is 0 Å². The number of hydrogen-bond donors (Lipinski definition) is 0. The van der Waals surface area contributed by atoms with Gasteiger partial charge in [0.1, 0.15) is 0 Å². The number of rotatable bonds is 8. The average molecular weight is 235 g/mol. The van der Waals surface area contributed by atoms with Crippen LogP contribution < -0.4 is 5.11 Å². The number of thioether (sulfide) groups is 2. The average Bonchev–Trinajstić information content (AvgIpc) is 2.16. The lowest BCUT2D eigenvalue weighted by Crippen LogP contribution is -2.24. The molecule has 0 N–H and O–H groups in total. The molecule has 0 unspecified atom stereocenters. The van der Waals surface area contributed by atoms with Gasteiger partial charge in [0.15, 0.2) is 0 Å². The second-order valence-corrected chi connectivity index (χ2v) is 6.22. The highest BCUT2D eigenvalue weighted by Gasteiger charge is 2.19. The third kappa shape index (κ3) is 6.60. The van der Waals surface area contributed by atoms with Crippen molar-refractivity contribution in [3.8, 4) is 0 Å². The van der Waals surface area contributed by atoms with E-state index in [2.05, 4.69) is 20.8 Å². The first-order valence-electron chi connectivity index (χ1n) is 4.95. The molecule has 0 bridgehead atoms. The van der Waals surface area contributed by atoms with Crippen LogP contribution in [0.2, 0.25) is 0 Å². The van der Waals surface area contributed by atoms with Crippen LogP contribution in [0.1, 0.15) is 33.6 Å². The van der Waals surface area contributed by atoms with Gasteiger partial charge in [-0.1, -0.05) is 20.8 Å². The van der Waals surface area contributed by atoms with Gasteiger partial charge in [-0.05, 0) is 12.8 Å². The Hall–Kier alpha value is 0.170. The van der Waals surface area contributed by atoms with Crippen LogP contribution in [0.25, 0.3) is 0 Å². The number of carboxylic acid groups (broad SMARTS) is 1. The normalized spacial score (nSPS) is 11.6. The molecule has 0 aliphatic carbocycles. The van der Waals surface area contributed by atoms with Crippen LogP contribution in [0.15, 0.2) is 0 Å². The Morgan fingerprint density at radius 3 is 2.29 bits per heavy atom. The van der Waals surface area contributed by atoms with Crippen molar-refractivity contribution in [2.45, 2.75) is 38.4 Å². The molecule has 0 aromatic rings. The Labute approximate surface area is 95.2 Å². The monoisotopic (exact) mass is 235 g/mol. The van der Waals surface area contributed by atoms with E-state index >= 15 is 0 Å². The van der Waals surface area contributed by atoms with Crippen molar-refractivity contribution in [1.82, 2.24) is 0 Å². The number of carbonyl (C=O) groups is 1. The van der Waals surface area contributed by atoms with Crippen molar-refractivity contribution in [3.05, 3.63) is 0 Å². The van der Waals surface area contributed by atoms with Crippen molar-refractivity contribution in [2.75, 3.05) is 17.3 Å². The number of aliphatic carboxylic acids is 1. The van der Waals surface area contributed by atoms with Crippen LogP contribution in [-0.2, 0) is 4.79 Å². The summed E-state index contributed by atoms with van der Waals surface area (Å²) >= 11 is 3.38. The summed E-state index contributed by atoms with van der Waals surface area (Å²) in [6.07, 6.45) is 2.33. The van der Waals surface area contributed by atoms with Crippen molar-refractivity contribution < 1.29 is 9.90 Å². The van der Waals surface area contributed by atoms with Crippen molar-refractivity contribution in [2.24, 2.45) is 0 Å². The highest BCUT2D eigenvalue weighted by molar-refractivity contribution is 8.03. The zero-order chi connectivity index (χ0) is 11.0. The highest BCUT2D eigenvalue weighted by Crippen LogP contribution is 2.32. The van der Waals surface area contributed by atoms with Crippen LogP contribution in [-0.4, -0.2) is 28.0 Å². The molecule has 2 nitrogen and oxygen atoms in total. The van der Waals surface area contributed by atoms with E-state index in [0.29, 0.717) is 4.75 Å². The zero-order valence-electron chi connectivity index (χ0n) is 9.17. The van der Waals surface area contributed by atoms with Gasteiger partial charge in [-0.15, -0.1) is 0 Å². The maximum atomic E-state index is 10.1. The second kappa shape index (κ2) is 7.46. The van der Waals surface area contributed by atoms with Gasteiger partial charge in [-0.25, -0.2) is 0 Å². The maximum Gasteiger partial charge on any atom is 0.0513 e. The second-order valence-electron chi connectivity index (χ2n) is 3.43. The lowest BCUT2D eigenvalue weighted by Gasteiger charge is -2.25. The van der Waals surface area contributed by atoms with Crippen molar-refractivity contribution >= 4 is 29.5 Å². The van der Waals surface area contributed by atoms with E-state index in [4.69, 9.17) is 0 Å². The molecule has 0 atom stereocenters. The number of hydrogen-bond acceptors (Lipinski definition) is 4. The molecule has 14 heavy (non-hydrogen) atoms. The van der Waals surface area contributed by atoms with Crippen LogP contribution in [0.4, 0.5) is 0 Å². The minimum atomic E-state index is -0.964. The fraction of sp³-hybridized carbons (Fsp3) is 0.900. The molecule has 0 saturated heterocycles. The molecule has 0 aromatic carbocycles. The summed E-state index contributed by atoms with van der Waals surface area (Å²) in [5, 5.41) is 10.1. The van der Waals surface area contributed by atoms with E-state index in [1.54, 1.807) is 0 Å². The Balaban J connectivity index is 3.47. The molecule has 0 aromatic heterocycles. The van der Waals surface area contributed by atoms with Crippen LogP contribution in [0, 0.1) is 0 Å². The summed E-state index contributed by atoms with van der Waals surface area (Å²) < 4.78 is 0.363. The molecule has 0 radical (unpaired) electrons. The first-order valence-corrected chi connectivity index (χ1v) is 7.09. The smallest absolute Gasteiger partial charge is 0.0513 e. The molecule has 4 heteroatoms. The van der Waals surface area contributed by atoms with Crippen LogP contribution in [0.3, 0.4) is 0 Å². The molecule has 0 saturated carbocycles. The van der Waals surface area contributed by atoms with E-state index in [1.807, 2.05) is 11.8 Å². The molecule has 0 aliphatic rings. The number of carboxylic acids is 1. The molecule has 0 spiro atoms. The molecular weight excluding hydrogens is 216 g/mol. The predicted molar refractivity (Wildman–Crippen MR) is 63.8 cm³/mol. The Kier molecular flexibility index (Phi) is 7.55. The van der Waals surface area contributed by atoms with Gasteiger partial charge in [0, 0.05) is 22.0 Å². The van der Waals surface area contributed by atoms with Gasteiger partial charge in [-0.2, -0.15) is 23.5 Å². The Bertz CT molecular complexity index is 168. The highest BCUT2D eigenvalue weighted by atomic mass is 32.2. The topological polar surface area (TPSA) is 40.1 Å². The van der Waals surface area contributed by atoms with Crippen molar-refractivity contribution in [3.63, 3.8) is 0 Å². The third-order valence-electron chi connectivity index (χ3n) is 2.39. The fourth-order valence-corrected chi connectivity index (χ4v) is 2.97. The lowest BCUT2D eigenvalue weighted by molar-refractivity contribution is -0.301.